The molecule has 0 spiro atoms. The molecule has 0 aliphatic carbocycles. The highest BCUT2D eigenvalue weighted by Crippen LogP contribution is 2.22. The molecule has 2 aromatic heterocycles. The molecule has 0 aliphatic heterocycles. The maximum atomic E-state index is 12.0. The number of fused-ring (bicyclic) bond motifs is 1. The van der Waals surface area contributed by atoms with E-state index in [1.807, 2.05) is 37.3 Å². The summed E-state index contributed by atoms with van der Waals surface area (Å²) in [5.41, 5.74) is 9.29. The molecule has 3 rings (SSSR count). The summed E-state index contributed by atoms with van der Waals surface area (Å²) in [7, 11) is 0. The van der Waals surface area contributed by atoms with Gasteiger partial charge in [-0.1, -0.05) is 23.8 Å². The van der Waals surface area contributed by atoms with E-state index in [2.05, 4.69) is 10.1 Å². The number of anilines is 1. The molecular weight excluding hydrogens is 280 g/mol. The number of nitrogen functional groups attached to an aromatic ring is 1. The van der Waals surface area contributed by atoms with Crippen LogP contribution in [0.15, 0.2) is 36.5 Å². The quantitative estimate of drug-likeness (QED) is 0.751. The summed E-state index contributed by atoms with van der Waals surface area (Å²) in [6.07, 6.45) is 1.74. The van der Waals surface area contributed by atoms with Crippen LogP contribution in [0.2, 0.25) is 0 Å². The van der Waals surface area contributed by atoms with Crippen molar-refractivity contribution in [2.24, 2.45) is 0 Å². The Morgan fingerprint density at radius 1 is 1.36 bits per heavy atom. The predicted molar refractivity (Wildman–Crippen MR) is 83.5 cm³/mol. The molecule has 22 heavy (non-hydrogen) atoms. The van der Waals surface area contributed by atoms with Gasteiger partial charge in [0.15, 0.2) is 11.5 Å². The van der Waals surface area contributed by atoms with E-state index in [9.17, 15) is 4.79 Å². The number of aryl methyl sites for hydroxylation is 1. The SMILES string of the molecule is CCOC(=O)c1c(N)nn2ccc(-c3cccc(C)c3)nc12. The van der Waals surface area contributed by atoms with Gasteiger partial charge in [-0.25, -0.2) is 14.3 Å². The molecule has 0 aliphatic rings. The third-order valence-corrected chi connectivity index (χ3v) is 3.31. The molecule has 0 atom stereocenters. The van der Waals surface area contributed by atoms with Crippen molar-refractivity contribution in [1.29, 1.82) is 0 Å². The second kappa shape index (κ2) is 5.48. The topological polar surface area (TPSA) is 82.5 Å². The molecule has 1 aromatic carbocycles. The lowest BCUT2D eigenvalue weighted by atomic mass is 10.1. The molecular formula is C16H16N4O2. The fourth-order valence-corrected chi connectivity index (χ4v) is 2.31. The summed E-state index contributed by atoms with van der Waals surface area (Å²) in [6, 6.07) is 9.82. The van der Waals surface area contributed by atoms with Crippen LogP contribution < -0.4 is 5.73 Å². The van der Waals surface area contributed by atoms with Crippen LogP contribution in [0.3, 0.4) is 0 Å². The Balaban J connectivity index is 2.16. The molecule has 0 bridgehead atoms. The minimum atomic E-state index is -0.510. The Morgan fingerprint density at radius 2 is 2.18 bits per heavy atom. The first-order valence-corrected chi connectivity index (χ1v) is 6.99. The van der Waals surface area contributed by atoms with Crippen LogP contribution in [-0.2, 0) is 4.74 Å². The van der Waals surface area contributed by atoms with E-state index in [0.717, 1.165) is 16.8 Å². The van der Waals surface area contributed by atoms with Crippen LogP contribution in [0.4, 0.5) is 5.82 Å². The van der Waals surface area contributed by atoms with Gasteiger partial charge in [0.1, 0.15) is 5.56 Å². The van der Waals surface area contributed by atoms with Crippen molar-refractivity contribution < 1.29 is 9.53 Å². The molecule has 0 saturated heterocycles. The van der Waals surface area contributed by atoms with Gasteiger partial charge in [-0.2, -0.15) is 0 Å². The highest BCUT2D eigenvalue weighted by molar-refractivity contribution is 6.00. The number of benzene rings is 1. The number of carbonyl (C=O) groups excluding carboxylic acids is 1. The molecule has 0 fully saturated rings. The number of hydrogen-bond acceptors (Lipinski definition) is 5. The van der Waals surface area contributed by atoms with E-state index in [1.54, 1.807) is 13.1 Å². The van der Waals surface area contributed by atoms with E-state index < -0.39 is 5.97 Å². The number of hydrogen-bond donors (Lipinski definition) is 1. The number of carbonyl (C=O) groups is 1. The number of aromatic nitrogens is 3. The maximum Gasteiger partial charge on any atom is 0.345 e. The molecule has 6 heteroatoms. The van der Waals surface area contributed by atoms with E-state index in [-0.39, 0.29) is 18.0 Å². The van der Waals surface area contributed by atoms with E-state index in [4.69, 9.17) is 10.5 Å². The van der Waals surface area contributed by atoms with Crippen LogP contribution in [0.5, 0.6) is 0 Å². The number of esters is 1. The van der Waals surface area contributed by atoms with Crippen LogP contribution in [0.25, 0.3) is 16.9 Å². The van der Waals surface area contributed by atoms with Crippen LogP contribution >= 0.6 is 0 Å². The lowest BCUT2D eigenvalue weighted by Crippen LogP contribution is -2.07. The van der Waals surface area contributed by atoms with Gasteiger partial charge in [-0.15, -0.1) is 5.10 Å². The van der Waals surface area contributed by atoms with Gasteiger partial charge in [-0.3, -0.25) is 0 Å². The summed E-state index contributed by atoms with van der Waals surface area (Å²) in [5.74, 6) is -0.392. The fraction of sp³-hybridized carbons (Fsp3) is 0.188. The highest BCUT2D eigenvalue weighted by Gasteiger charge is 2.20. The standard InChI is InChI=1S/C16H16N4O2/c1-3-22-16(21)13-14(17)19-20-8-7-12(18-15(13)20)11-6-4-5-10(2)9-11/h4-9H,3H2,1-2H3,(H2,17,19). The summed E-state index contributed by atoms with van der Waals surface area (Å²) in [6.45, 7) is 4.03. The largest absolute Gasteiger partial charge is 0.462 e. The van der Waals surface area contributed by atoms with Crippen LogP contribution in [0.1, 0.15) is 22.8 Å². The monoisotopic (exact) mass is 296 g/mol. The fourth-order valence-electron chi connectivity index (χ4n) is 2.31. The molecule has 0 saturated carbocycles. The predicted octanol–water partition coefficient (Wildman–Crippen LogP) is 2.46. The highest BCUT2D eigenvalue weighted by atomic mass is 16.5. The van der Waals surface area contributed by atoms with Gasteiger partial charge >= 0.3 is 5.97 Å². The number of nitrogens with two attached hydrogens (primary N) is 1. The van der Waals surface area contributed by atoms with Crippen molar-refractivity contribution in [2.75, 3.05) is 12.3 Å². The molecule has 0 radical (unpaired) electrons. The average Bonchev–Trinajstić information content (AvgIpc) is 2.82. The first kappa shape index (κ1) is 14.1. The molecule has 112 valence electrons. The molecule has 2 N–H and O–H groups in total. The molecule has 0 unspecified atom stereocenters. The average molecular weight is 296 g/mol. The van der Waals surface area contributed by atoms with Gasteiger partial charge in [-0.05, 0) is 26.0 Å². The van der Waals surface area contributed by atoms with E-state index >= 15 is 0 Å². The second-order valence-electron chi connectivity index (χ2n) is 4.93. The van der Waals surface area contributed by atoms with Gasteiger partial charge in [0, 0.05) is 11.8 Å². The summed E-state index contributed by atoms with van der Waals surface area (Å²) < 4.78 is 6.51. The molecule has 2 heterocycles. The number of nitrogens with zero attached hydrogens (tertiary/aromatic N) is 3. The summed E-state index contributed by atoms with van der Waals surface area (Å²) in [5, 5.41) is 4.10. The third kappa shape index (κ3) is 2.39. The lowest BCUT2D eigenvalue weighted by Gasteiger charge is -2.04. The van der Waals surface area contributed by atoms with Gasteiger partial charge < -0.3 is 10.5 Å². The first-order chi connectivity index (χ1) is 10.6. The first-order valence-electron chi connectivity index (χ1n) is 6.99. The Morgan fingerprint density at radius 3 is 2.91 bits per heavy atom. The minimum Gasteiger partial charge on any atom is -0.462 e. The molecule has 3 aromatic rings. The van der Waals surface area contributed by atoms with Gasteiger partial charge in [0.2, 0.25) is 0 Å². The van der Waals surface area contributed by atoms with Crippen molar-refractivity contribution in [1.82, 2.24) is 14.6 Å². The minimum absolute atomic E-state index is 0.118. The zero-order chi connectivity index (χ0) is 15.7. The van der Waals surface area contributed by atoms with Crippen LogP contribution in [0, 0.1) is 6.92 Å². The van der Waals surface area contributed by atoms with E-state index in [0.29, 0.717) is 5.65 Å². The lowest BCUT2D eigenvalue weighted by molar-refractivity contribution is 0.0529. The van der Waals surface area contributed by atoms with Crippen molar-refractivity contribution in [3.8, 4) is 11.3 Å². The van der Waals surface area contributed by atoms with E-state index in [1.165, 1.54) is 4.52 Å². The molecule has 6 nitrogen and oxygen atoms in total. The van der Waals surface area contributed by atoms with Crippen molar-refractivity contribution in [3.63, 3.8) is 0 Å². The second-order valence-corrected chi connectivity index (χ2v) is 4.93. The van der Waals surface area contributed by atoms with Crippen molar-refractivity contribution >= 4 is 17.4 Å². The third-order valence-electron chi connectivity index (χ3n) is 3.31. The number of rotatable bonds is 3. The zero-order valence-electron chi connectivity index (χ0n) is 12.4. The van der Waals surface area contributed by atoms with Gasteiger partial charge in [0.25, 0.3) is 0 Å². The zero-order valence-corrected chi connectivity index (χ0v) is 12.4. The smallest absolute Gasteiger partial charge is 0.345 e. The summed E-state index contributed by atoms with van der Waals surface area (Å²) >= 11 is 0. The Hall–Kier alpha value is -2.89. The van der Waals surface area contributed by atoms with Crippen molar-refractivity contribution in [3.05, 3.63) is 47.7 Å². The molecule has 0 amide bonds. The summed E-state index contributed by atoms with van der Waals surface area (Å²) in [4.78, 5) is 16.6. The van der Waals surface area contributed by atoms with Crippen LogP contribution in [-0.4, -0.2) is 27.2 Å². The Labute approximate surface area is 127 Å². The Kier molecular flexibility index (Phi) is 3.50. The van der Waals surface area contributed by atoms with Gasteiger partial charge in [0.05, 0.1) is 12.3 Å². The van der Waals surface area contributed by atoms with Crippen molar-refractivity contribution in [2.45, 2.75) is 13.8 Å². The Bertz CT molecular complexity index is 854. The maximum absolute atomic E-state index is 12.0. The normalized spacial score (nSPS) is 10.8. The number of ether oxygens (including phenoxy) is 1.